The van der Waals surface area contributed by atoms with Crippen molar-refractivity contribution in [2.24, 2.45) is 4.99 Å². The van der Waals surface area contributed by atoms with Crippen molar-refractivity contribution in [3.63, 3.8) is 0 Å². The molecule has 228 valence electrons. The molecule has 44 heavy (non-hydrogen) atoms. The van der Waals surface area contributed by atoms with Crippen LogP contribution in [0.4, 0.5) is 0 Å². The molecule has 0 radical (unpaired) electrons. The van der Waals surface area contributed by atoms with E-state index in [9.17, 15) is 14.4 Å². The quantitative estimate of drug-likeness (QED) is 0.260. The third kappa shape index (κ3) is 5.58. The highest BCUT2D eigenvalue weighted by molar-refractivity contribution is 7.07. The summed E-state index contributed by atoms with van der Waals surface area (Å²) in [5.74, 6) is 1.39. The van der Waals surface area contributed by atoms with Crippen LogP contribution in [0.25, 0.3) is 17.4 Å². The highest BCUT2D eigenvalue weighted by Crippen LogP contribution is 2.38. The molecule has 0 fully saturated rings. The molecule has 11 heteroatoms. The minimum atomic E-state index is -0.806. The molecule has 4 aromatic rings. The van der Waals surface area contributed by atoms with E-state index in [-0.39, 0.29) is 11.5 Å². The van der Waals surface area contributed by atoms with Crippen LogP contribution >= 0.6 is 11.3 Å². The maximum atomic E-state index is 14.1. The summed E-state index contributed by atoms with van der Waals surface area (Å²) < 4.78 is 24.0. The SMILES string of the molecule is CCN(CC)C(=O)C1=C(C)N=c2s/c(=C/c3ccc(-c4cccc(C(=O)OC)c4)o3)c(=O)n2[C@H]1c1cc(OC)ccc1OC. The highest BCUT2D eigenvalue weighted by Gasteiger charge is 2.36. The Kier molecular flexibility index (Phi) is 8.86. The second-order valence-electron chi connectivity index (χ2n) is 9.94. The van der Waals surface area contributed by atoms with E-state index in [4.69, 9.17) is 23.6 Å². The van der Waals surface area contributed by atoms with Crippen molar-refractivity contribution in [2.45, 2.75) is 26.8 Å². The molecule has 10 nitrogen and oxygen atoms in total. The van der Waals surface area contributed by atoms with Gasteiger partial charge in [-0.3, -0.25) is 14.2 Å². The third-order valence-corrected chi connectivity index (χ3v) is 8.49. The molecular weight excluding hydrogens is 582 g/mol. The second-order valence-corrected chi connectivity index (χ2v) is 11.0. The number of thiazole rings is 1. The highest BCUT2D eigenvalue weighted by atomic mass is 32.1. The number of hydrogen-bond donors (Lipinski definition) is 0. The van der Waals surface area contributed by atoms with Crippen LogP contribution in [0.1, 0.15) is 48.5 Å². The minimum absolute atomic E-state index is 0.203. The predicted molar refractivity (Wildman–Crippen MR) is 167 cm³/mol. The van der Waals surface area contributed by atoms with Crippen LogP contribution in [0.5, 0.6) is 11.5 Å². The number of likely N-dealkylation sites (N-methyl/N-ethyl adjacent to an activating group) is 1. The van der Waals surface area contributed by atoms with Crippen molar-refractivity contribution in [2.75, 3.05) is 34.4 Å². The molecule has 0 saturated carbocycles. The summed E-state index contributed by atoms with van der Waals surface area (Å²) in [6.07, 6.45) is 1.66. The molecule has 3 heterocycles. The van der Waals surface area contributed by atoms with Gasteiger partial charge >= 0.3 is 5.97 Å². The molecule has 0 aliphatic carbocycles. The molecule has 0 N–H and O–H groups in total. The maximum absolute atomic E-state index is 14.1. The first-order valence-electron chi connectivity index (χ1n) is 14.1. The van der Waals surface area contributed by atoms with Gasteiger partial charge in [0.15, 0.2) is 4.80 Å². The summed E-state index contributed by atoms with van der Waals surface area (Å²) in [4.78, 5) is 46.9. The second kappa shape index (κ2) is 12.8. The van der Waals surface area contributed by atoms with Gasteiger partial charge in [0.1, 0.15) is 29.1 Å². The molecule has 0 unspecified atom stereocenters. The molecule has 0 saturated heterocycles. The van der Waals surface area contributed by atoms with E-state index >= 15 is 0 Å². The van der Waals surface area contributed by atoms with Crippen LogP contribution in [-0.2, 0) is 9.53 Å². The first-order valence-corrected chi connectivity index (χ1v) is 14.9. The van der Waals surface area contributed by atoms with Crippen molar-refractivity contribution < 1.29 is 28.2 Å². The summed E-state index contributed by atoms with van der Waals surface area (Å²) in [6, 6.07) is 14.9. The molecule has 1 aliphatic rings. The monoisotopic (exact) mass is 615 g/mol. The predicted octanol–water partition coefficient (Wildman–Crippen LogP) is 4.17. The summed E-state index contributed by atoms with van der Waals surface area (Å²) in [7, 11) is 4.44. The van der Waals surface area contributed by atoms with Crippen LogP contribution < -0.4 is 24.4 Å². The molecule has 1 amide bonds. The summed E-state index contributed by atoms with van der Waals surface area (Å²) in [6.45, 7) is 6.62. The van der Waals surface area contributed by atoms with Gasteiger partial charge in [0.25, 0.3) is 11.5 Å². The van der Waals surface area contributed by atoms with Crippen molar-refractivity contribution in [3.8, 4) is 22.8 Å². The number of fused-ring (bicyclic) bond motifs is 1. The fraction of sp³-hybridized carbons (Fsp3) is 0.273. The molecule has 2 aromatic carbocycles. The number of allylic oxidation sites excluding steroid dienone is 1. The van der Waals surface area contributed by atoms with Crippen LogP contribution in [0, 0.1) is 0 Å². The van der Waals surface area contributed by atoms with Gasteiger partial charge in [-0.1, -0.05) is 23.5 Å². The lowest BCUT2D eigenvalue weighted by Crippen LogP contribution is -2.43. The molecule has 0 bridgehead atoms. The van der Waals surface area contributed by atoms with Crippen molar-refractivity contribution >= 4 is 29.3 Å². The number of hydrogen-bond acceptors (Lipinski definition) is 9. The maximum Gasteiger partial charge on any atom is 0.337 e. The molecular formula is C33H33N3O7S. The number of ether oxygens (including phenoxy) is 3. The zero-order valence-corrected chi connectivity index (χ0v) is 26.2. The largest absolute Gasteiger partial charge is 0.497 e. The summed E-state index contributed by atoms with van der Waals surface area (Å²) in [5, 5.41) is 0. The molecule has 0 spiro atoms. The standard InChI is InChI=1S/C33H33N3O7S/c1-7-35(8-2)31(38)28-19(3)34-33-36(29(28)24-17-22(40-4)12-15-26(24)41-5)30(37)27(44-33)18-23-13-14-25(43-23)20-10-9-11-21(16-20)32(39)42-6/h9-18,29H,7-8H2,1-6H3/b27-18+/t29-/m0/s1. The van der Waals surface area contributed by atoms with Gasteiger partial charge < -0.3 is 23.5 Å². The molecule has 1 aliphatic heterocycles. The molecule has 5 rings (SSSR count). The number of benzene rings is 2. The zero-order valence-electron chi connectivity index (χ0n) is 25.4. The van der Waals surface area contributed by atoms with Gasteiger partial charge in [0, 0.05) is 30.3 Å². The van der Waals surface area contributed by atoms with E-state index in [1.165, 1.54) is 18.4 Å². The Balaban J connectivity index is 1.66. The Bertz CT molecular complexity index is 1950. The number of nitrogens with zero attached hydrogens (tertiary/aromatic N) is 3. The lowest BCUT2D eigenvalue weighted by molar-refractivity contribution is -0.127. The van der Waals surface area contributed by atoms with Crippen LogP contribution in [0.15, 0.2) is 80.1 Å². The lowest BCUT2D eigenvalue weighted by Gasteiger charge is -2.30. The normalized spacial score (nSPS) is 14.6. The third-order valence-electron chi connectivity index (χ3n) is 7.50. The van der Waals surface area contributed by atoms with E-state index in [1.807, 2.05) is 19.9 Å². The van der Waals surface area contributed by atoms with E-state index in [0.29, 0.717) is 73.4 Å². The zero-order chi connectivity index (χ0) is 31.5. The van der Waals surface area contributed by atoms with Gasteiger partial charge in [-0.25, -0.2) is 9.79 Å². The van der Waals surface area contributed by atoms with E-state index < -0.39 is 12.0 Å². The average Bonchev–Trinajstić information content (AvgIpc) is 3.64. The van der Waals surface area contributed by atoms with E-state index in [2.05, 4.69) is 0 Å². The molecule has 1 atom stereocenters. The fourth-order valence-electron chi connectivity index (χ4n) is 5.26. The van der Waals surface area contributed by atoms with Crippen molar-refractivity contribution in [3.05, 3.63) is 102 Å². The Morgan fingerprint density at radius 2 is 1.82 bits per heavy atom. The first kappa shape index (κ1) is 30.6. The first-order chi connectivity index (χ1) is 21.2. The Labute approximate surface area is 258 Å². The van der Waals surface area contributed by atoms with Gasteiger partial charge in [-0.05, 0) is 63.2 Å². The average molecular weight is 616 g/mol. The Morgan fingerprint density at radius 1 is 1.05 bits per heavy atom. The van der Waals surface area contributed by atoms with Crippen LogP contribution in [-0.4, -0.2) is 55.8 Å². The number of rotatable bonds is 9. The number of amides is 1. The van der Waals surface area contributed by atoms with Gasteiger partial charge in [-0.2, -0.15) is 0 Å². The van der Waals surface area contributed by atoms with Crippen LogP contribution in [0.3, 0.4) is 0 Å². The molecule has 2 aromatic heterocycles. The summed E-state index contributed by atoms with van der Waals surface area (Å²) >= 11 is 1.21. The fourth-order valence-corrected chi connectivity index (χ4v) is 6.28. The van der Waals surface area contributed by atoms with Gasteiger partial charge in [0.2, 0.25) is 0 Å². The smallest absolute Gasteiger partial charge is 0.337 e. The Hall–Kier alpha value is -4.90. The summed E-state index contributed by atoms with van der Waals surface area (Å²) in [5.41, 5.74) is 2.28. The topological polar surface area (TPSA) is 113 Å². The van der Waals surface area contributed by atoms with Crippen molar-refractivity contribution in [1.29, 1.82) is 0 Å². The number of carbonyl (C=O) groups is 2. The van der Waals surface area contributed by atoms with E-state index in [0.717, 1.165) is 0 Å². The number of aromatic nitrogens is 1. The number of furan rings is 1. The van der Waals surface area contributed by atoms with Crippen molar-refractivity contribution in [1.82, 2.24) is 9.47 Å². The van der Waals surface area contributed by atoms with E-state index in [1.54, 1.807) is 85.2 Å². The Morgan fingerprint density at radius 3 is 2.50 bits per heavy atom. The lowest BCUT2D eigenvalue weighted by atomic mass is 9.93. The van der Waals surface area contributed by atoms with Crippen LogP contribution in [0.2, 0.25) is 0 Å². The number of carbonyl (C=O) groups excluding carboxylic acids is 2. The minimum Gasteiger partial charge on any atom is -0.497 e. The number of esters is 1. The van der Waals surface area contributed by atoms with Gasteiger partial charge in [-0.15, -0.1) is 0 Å². The number of methoxy groups -OCH3 is 3. The van der Waals surface area contributed by atoms with Gasteiger partial charge in [0.05, 0.1) is 42.7 Å².